The summed E-state index contributed by atoms with van der Waals surface area (Å²) >= 11 is 0. The minimum atomic E-state index is -1.02. The minimum absolute atomic E-state index is 0.0360. The van der Waals surface area contributed by atoms with Gasteiger partial charge in [-0.25, -0.2) is 4.79 Å². The summed E-state index contributed by atoms with van der Waals surface area (Å²) in [6.45, 7) is 2.47. The molecule has 0 saturated heterocycles. The molecule has 0 aromatic heterocycles. The van der Waals surface area contributed by atoms with E-state index in [2.05, 4.69) is 0 Å². The highest BCUT2D eigenvalue weighted by Gasteiger charge is 2.12. The van der Waals surface area contributed by atoms with E-state index in [1.807, 2.05) is 6.92 Å². The Labute approximate surface area is 110 Å². The molecular weight excluding hydrogens is 244 g/mol. The largest absolute Gasteiger partial charge is 0.508 e. The van der Waals surface area contributed by atoms with Crippen molar-refractivity contribution in [1.29, 1.82) is 0 Å². The molecule has 0 aliphatic heterocycles. The number of carboxylic acid groups (broad SMARTS) is 1. The number of phenols is 1. The molecule has 0 aliphatic rings. The third kappa shape index (κ3) is 2.85. The molecule has 4 nitrogen and oxygen atoms in total. The molecule has 0 unspecified atom stereocenters. The van der Waals surface area contributed by atoms with Gasteiger partial charge in [0.1, 0.15) is 11.5 Å². The summed E-state index contributed by atoms with van der Waals surface area (Å²) in [7, 11) is 0. The van der Waals surface area contributed by atoms with Gasteiger partial charge in [-0.2, -0.15) is 0 Å². The second-order valence-corrected chi connectivity index (χ2v) is 3.99. The Bertz CT molecular complexity index is 588. The fourth-order valence-electron chi connectivity index (χ4n) is 1.85. The Morgan fingerprint density at radius 2 is 1.84 bits per heavy atom. The van der Waals surface area contributed by atoms with E-state index in [1.165, 1.54) is 18.2 Å². The number of phenolic OH excluding ortho intramolecular Hbond substituents is 1. The number of benzene rings is 2. The van der Waals surface area contributed by atoms with E-state index in [1.54, 1.807) is 24.3 Å². The molecule has 0 aliphatic carbocycles. The first kappa shape index (κ1) is 13.0. The second-order valence-electron chi connectivity index (χ2n) is 3.99. The molecule has 4 heteroatoms. The van der Waals surface area contributed by atoms with Crippen molar-refractivity contribution in [3.05, 3.63) is 48.0 Å². The number of aromatic hydroxyl groups is 1. The highest BCUT2D eigenvalue weighted by molar-refractivity contribution is 5.96. The van der Waals surface area contributed by atoms with Crippen molar-refractivity contribution in [3.63, 3.8) is 0 Å². The predicted octanol–water partition coefficient (Wildman–Crippen LogP) is 3.16. The van der Waals surface area contributed by atoms with E-state index in [4.69, 9.17) is 9.84 Å². The zero-order valence-corrected chi connectivity index (χ0v) is 10.5. The first-order chi connectivity index (χ1) is 9.11. The maximum Gasteiger partial charge on any atom is 0.336 e. The van der Waals surface area contributed by atoms with Gasteiger partial charge in [0.05, 0.1) is 12.2 Å². The summed E-state index contributed by atoms with van der Waals surface area (Å²) in [5.41, 5.74) is 1.36. The molecule has 2 rings (SSSR count). The number of hydrogen-bond acceptors (Lipinski definition) is 3. The lowest BCUT2D eigenvalue weighted by Gasteiger charge is -2.08. The van der Waals surface area contributed by atoms with E-state index in [0.717, 1.165) is 11.3 Å². The Morgan fingerprint density at radius 1 is 1.16 bits per heavy atom. The lowest BCUT2D eigenvalue weighted by Crippen LogP contribution is -1.99. The van der Waals surface area contributed by atoms with Crippen LogP contribution in [0.3, 0.4) is 0 Å². The normalized spacial score (nSPS) is 10.2. The van der Waals surface area contributed by atoms with Crippen LogP contribution in [0.1, 0.15) is 17.3 Å². The van der Waals surface area contributed by atoms with Crippen molar-refractivity contribution in [2.45, 2.75) is 6.92 Å². The average Bonchev–Trinajstić information content (AvgIpc) is 2.39. The van der Waals surface area contributed by atoms with Gasteiger partial charge in [-0.05, 0) is 48.4 Å². The number of rotatable bonds is 4. The molecule has 0 fully saturated rings. The average molecular weight is 258 g/mol. The first-order valence-corrected chi connectivity index (χ1v) is 5.91. The topological polar surface area (TPSA) is 66.8 Å². The van der Waals surface area contributed by atoms with Crippen LogP contribution in [0.5, 0.6) is 11.5 Å². The molecule has 0 saturated carbocycles. The Balaban J connectivity index is 2.45. The highest BCUT2D eigenvalue weighted by atomic mass is 16.5. The highest BCUT2D eigenvalue weighted by Crippen LogP contribution is 2.29. The number of ether oxygens (including phenoxy) is 1. The van der Waals surface area contributed by atoms with Crippen LogP contribution in [0.25, 0.3) is 11.1 Å². The molecule has 19 heavy (non-hydrogen) atoms. The van der Waals surface area contributed by atoms with Gasteiger partial charge in [0, 0.05) is 0 Å². The van der Waals surface area contributed by atoms with Crippen LogP contribution in [-0.4, -0.2) is 22.8 Å². The maximum absolute atomic E-state index is 11.2. The van der Waals surface area contributed by atoms with Crippen LogP contribution in [0, 0.1) is 0 Å². The number of hydrogen-bond donors (Lipinski definition) is 2. The van der Waals surface area contributed by atoms with E-state index in [9.17, 15) is 9.90 Å². The lowest BCUT2D eigenvalue weighted by atomic mass is 9.99. The second kappa shape index (κ2) is 5.44. The molecule has 2 N–H and O–H groups in total. The third-order valence-corrected chi connectivity index (χ3v) is 2.71. The van der Waals surface area contributed by atoms with Gasteiger partial charge in [0.15, 0.2) is 0 Å². The van der Waals surface area contributed by atoms with Crippen LogP contribution in [0.2, 0.25) is 0 Å². The van der Waals surface area contributed by atoms with Gasteiger partial charge >= 0.3 is 5.97 Å². The molecular formula is C15H14O4. The summed E-state index contributed by atoms with van der Waals surface area (Å²) in [6, 6.07) is 11.3. The van der Waals surface area contributed by atoms with Crippen molar-refractivity contribution in [3.8, 4) is 22.6 Å². The molecule has 0 spiro atoms. The summed E-state index contributed by atoms with van der Waals surface area (Å²) in [4.78, 5) is 11.2. The van der Waals surface area contributed by atoms with Gasteiger partial charge in [0.25, 0.3) is 0 Å². The quantitative estimate of drug-likeness (QED) is 0.884. The van der Waals surface area contributed by atoms with Crippen molar-refractivity contribution >= 4 is 5.97 Å². The molecule has 0 heterocycles. The molecule has 98 valence electrons. The van der Waals surface area contributed by atoms with Crippen molar-refractivity contribution in [2.24, 2.45) is 0 Å². The smallest absolute Gasteiger partial charge is 0.336 e. The first-order valence-electron chi connectivity index (χ1n) is 5.91. The molecule has 2 aromatic rings. The zero-order chi connectivity index (χ0) is 13.8. The Morgan fingerprint density at radius 3 is 2.42 bits per heavy atom. The standard InChI is InChI=1S/C15H14O4/c1-2-19-12-6-3-10(4-7-12)14-9-11(16)5-8-13(14)15(17)18/h3-9,16H,2H2,1H3,(H,17,18). The summed E-state index contributed by atoms with van der Waals surface area (Å²) < 4.78 is 5.33. The van der Waals surface area contributed by atoms with E-state index in [-0.39, 0.29) is 11.3 Å². The monoisotopic (exact) mass is 258 g/mol. The van der Waals surface area contributed by atoms with Gasteiger partial charge in [-0.15, -0.1) is 0 Å². The number of aromatic carboxylic acids is 1. The van der Waals surface area contributed by atoms with Crippen molar-refractivity contribution in [2.75, 3.05) is 6.61 Å². The van der Waals surface area contributed by atoms with Gasteiger partial charge in [-0.3, -0.25) is 0 Å². The molecule has 0 amide bonds. The fourth-order valence-corrected chi connectivity index (χ4v) is 1.85. The van der Waals surface area contributed by atoms with Crippen LogP contribution in [-0.2, 0) is 0 Å². The lowest BCUT2D eigenvalue weighted by molar-refractivity contribution is 0.0697. The predicted molar refractivity (Wildman–Crippen MR) is 71.7 cm³/mol. The molecule has 2 aromatic carbocycles. The minimum Gasteiger partial charge on any atom is -0.508 e. The Kier molecular flexibility index (Phi) is 3.71. The van der Waals surface area contributed by atoms with Crippen LogP contribution in [0.15, 0.2) is 42.5 Å². The fraction of sp³-hybridized carbons (Fsp3) is 0.133. The summed E-state index contributed by atoms with van der Waals surface area (Å²) in [5, 5.41) is 18.7. The molecule has 0 bridgehead atoms. The third-order valence-electron chi connectivity index (χ3n) is 2.71. The number of carboxylic acids is 1. The maximum atomic E-state index is 11.2. The molecule has 0 atom stereocenters. The van der Waals surface area contributed by atoms with Gasteiger partial charge in [0.2, 0.25) is 0 Å². The zero-order valence-electron chi connectivity index (χ0n) is 10.5. The SMILES string of the molecule is CCOc1ccc(-c2cc(O)ccc2C(=O)O)cc1. The summed E-state index contributed by atoms with van der Waals surface area (Å²) in [5.74, 6) is -0.263. The van der Waals surface area contributed by atoms with Gasteiger partial charge < -0.3 is 14.9 Å². The summed E-state index contributed by atoms with van der Waals surface area (Å²) in [6.07, 6.45) is 0. The van der Waals surface area contributed by atoms with Crippen molar-refractivity contribution in [1.82, 2.24) is 0 Å². The van der Waals surface area contributed by atoms with Crippen LogP contribution in [0.4, 0.5) is 0 Å². The van der Waals surface area contributed by atoms with E-state index in [0.29, 0.717) is 12.2 Å². The van der Waals surface area contributed by atoms with Crippen LogP contribution >= 0.6 is 0 Å². The van der Waals surface area contributed by atoms with Gasteiger partial charge in [-0.1, -0.05) is 12.1 Å². The van der Waals surface area contributed by atoms with Crippen molar-refractivity contribution < 1.29 is 19.7 Å². The number of carbonyl (C=O) groups is 1. The van der Waals surface area contributed by atoms with Crippen LogP contribution < -0.4 is 4.74 Å². The molecule has 0 radical (unpaired) electrons. The van der Waals surface area contributed by atoms with E-state index >= 15 is 0 Å². The Hall–Kier alpha value is -2.49. The van der Waals surface area contributed by atoms with E-state index < -0.39 is 5.97 Å².